The Hall–Kier alpha value is -2.25. The van der Waals surface area contributed by atoms with Crippen molar-refractivity contribution in [3.63, 3.8) is 0 Å². The highest BCUT2D eigenvalue weighted by molar-refractivity contribution is 6.05. The molecule has 0 radical (unpaired) electrons. The summed E-state index contributed by atoms with van der Waals surface area (Å²) in [5, 5.41) is 5.63. The Kier molecular flexibility index (Phi) is 3.82. The number of amides is 3. The van der Waals surface area contributed by atoms with Crippen LogP contribution in [0.1, 0.15) is 34.3 Å². The van der Waals surface area contributed by atoms with Crippen LogP contribution in [-0.2, 0) is 22.7 Å². The normalized spacial score (nSPS) is 24.4. The average molecular weight is 328 g/mol. The molecule has 7 nitrogen and oxygen atoms in total. The van der Waals surface area contributed by atoms with Gasteiger partial charge in [0.15, 0.2) is 0 Å². The van der Waals surface area contributed by atoms with Gasteiger partial charge in [-0.2, -0.15) is 0 Å². The van der Waals surface area contributed by atoms with Crippen LogP contribution >= 0.6 is 0 Å². The summed E-state index contributed by atoms with van der Waals surface area (Å²) in [4.78, 5) is 39.9. The van der Waals surface area contributed by atoms with E-state index in [1.54, 1.807) is 4.90 Å². The van der Waals surface area contributed by atoms with E-state index in [9.17, 15) is 14.4 Å². The lowest BCUT2D eigenvalue weighted by Crippen LogP contribution is -2.52. The number of carbonyl (C=O) groups excluding carboxylic acids is 3. The fourth-order valence-electron chi connectivity index (χ4n) is 3.67. The Labute approximate surface area is 140 Å². The SMILES string of the molecule is O=C1CCC(N2Cc3cc(CN4CCNC4)ccc3C2=O)C(=O)N1. The lowest BCUT2D eigenvalue weighted by atomic mass is 10.0. The molecule has 1 aromatic carbocycles. The van der Waals surface area contributed by atoms with E-state index in [0.717, 1.165) is 31.9 Å². The highest BCUT2D eigenvalue weighted by Gasteiger charge is 2.39. The Morgan fingerprint density at radius 1 is 1.21 bits per heavy atom. The molecule has 7 heteroatoms. The van der Waals surface area contributed by atoms with E-state index in [1.807, 2.05) is 12.1 Å². The number of hydrogen-bond donors (Lipinski definition) is 2. The molecule has 3 amide bonds. The molecular formula is C17H20N4O3. The van der Waals surface area contributed by atoms with Crippen molar-refractivity contribution in [1.82, 2.24) is 20.4 Å². The van der Waals surface area contributed by atoms with Gasteiger partial charge in [-0.3, -0.25) is 24.6 Å². The zero-order chi connectivity index (χ0) is 16.7. The third kappa shape index (κ3) is 2.70. The van der Waals surface area contributed by atoms with E-state index < -0.39 is 6.04 Å². The molecule has 4 rings (SSSR count). The van der Waals surface area contributed by atoms with Gasteiger partial charge in [-0.1, -0.05) is 12.1 Å². The summed E-state index contributed by atoms with van der Waals surface area (Å²) in [5.41, 5.74) is 2.81. The van der Waals surface area contributed by atoms with Crippen LogP contribution in [0.25, 0.3) is 0 Å². The van der Waals surface area contributed by atoms with Crippen LogP contribution in [-0.4, -0.2) is 53.3 Å². The number of carbonyl (C=O) groups is 3. The van der Waals surface area contributed by atoms with Crippen molar-refractivity contribution in [2.75, 3.05) is 19.8 Å². The minimum absolute atomic E-state index is 0.117. The number of benzene rings is 1. The predicted octanol–water partition coefficient (Wildman–Crippen LogP) is -0.190. The third-order valence-corrected chi connectivity index (χ3v) is 4.93. The second kappa shape index (κ2) is 5.99. The van der Waals surface area contributed by atoms with Crippen molar-refractivity contribution in [1.29, 1.82) is 0 Å². The van der Waals surface area contributed by atoms with Gasteiger partial charge >= 0.3 is 0 Å². The topological polar surface area (TPSA) is 81.8 Å². The van der Waals surface area contributed by atoms with Gasteiger partial charge in [-0.15, -0.1) is 0 Å². The van der Waals surface area contributed by atoms with Crippen molar-refractivity contribution in [2.45, 2.75) is 32.0 Å². The molecule has 0 bridgehead atoms. The number of nitrogens with one attached hydrogen (secondary N) is 2. The van der Waals surface area contributed by atoms with Gasteiger partial charge in [0, 0.05) is 44.8 Å². The smallest absolute Gasteiger partial charge is 0.255 e. The maximum Gasteiger partial charge on any atom is 0.255 e. The molecule has 3 aliphatic heterocycles. The number of imide groups is 1. The van der Waals surface area contributed by atoms with Crippen LogP contribution in [0, 0.1) is 0 Å². The van der Waals surface area contributed by atoms with Gasteiger partial charge in [0.05, 0.1) is 0 Å². The number of rotatable bonds is 3. The molecule has 0 spiro atoms. The van der Waals surface area contributed by atoms with Gasteiger partial charge in [0.25, 0.3) is 5.91 Å². The molecular weight excluding hydrogens is 308 g/mol. The van der Waals surface area contributed by atoms with Crippen molar-refractivity contribution in [3.8, 4) is 0 Å². The number of fused-ring (bicyclic) bond motifs is 1. The fraction of sp³-hybridized carbons (Fsp3) is 0.471. The largest absolute Gasteiger partial charge is 0.322 e. The summed E-state index contributed by atoms with van der Waals surface area (Å²) in [5.74, 6) is -0.744. The van der Waals surface area contributed by atoms with E-state index in [2.05, 4.69) is 21.6 Å². The van der Waals surface area contributed by atoms with E-state index in [-0.39, 0.29) is 24.1 Å². The minimum atomic E-state index is -0.547. The van der Waals surface area contributed by atoms with Gasteiger partial charge in [0.2, 0.25) is 11.8 Å². The van der Waals surface area contributed by atoms with Gasteiger partial charge in [0.1, 0.15) is 6.04 Å². The zero-order valence-electron chi connectivity index (χ0n) is 13.4. The Morgan fingerprint density at radius 3 is 2.83 bits per heavy atom. The molecule has 0 aromatic heterocycles. The second-order valence-corrected chi connectivity index (χ2v) is 6.60. The van der Waals surface area contributed by atoms with Crippen LogP contribution in [0.3, 0.4) is 0 Å². The van der Waals surface area contributed by atoms with Crippen LogP contribution in [0.2, 0.25) is 0 Å². The quantitative estimate of drug-likeness (QED) is 0.752. The first kappa shape index (κ1) is 15.3. The molecule has 0 saturated carbocycles. The Morgan fingerprint density at radius 2 is 2.08 bits per heavy atom. The first-order valence-corrected chi connectivity index (χ1v) is 8.31. The monoisotopic (exact) mass is 328 g/mol. The molecule has 126 valence electrons. The molecule has 1 aromatic rings. The molecule has 2 N–H and O–H groups in total. The van der Waals surface area contributed by atoms with Crippen LogP contribution < -0.4 is 10.6 Å². The fourth-order valence-corrected chi connectivity index (χ4v) is 3.67. The summed E-state index contributed by atoms with van der Waals surface area (Å²) in [6, 6.07) is 5.37. The Bertz CT molecular complexity index is 712. The van der Waals surface area contributed by atoms with Crippen LogP contribution in [0.5, 0.6) is 0 Å². The lowest BCUT2D eigenvalue weighted by Gasteiger charge is -2.29. The van der Waals surface area contributed by atoms with Crippen molar-refractivity contribution in [2.24, 2.45) is 0 Å². The first-order valence-electron chi connectivity index (χ1n) is 8.31. The molecule has 3 heterocycles. The molecule has 3 aliphatic rings. The first-order chi connectivity index (χ1) is 11.6. The standard InChI is InChI=1S/C17H20N4O3/c22-15-4-3-14(16(23)19-15)21-9-12-7-11(1-2-13(12)17(21)24)8-20-6-5-18-10-20/h1-2,7,14,18H,3-6,8-10H2,(H,19,22,23). The third-order valence-electron chi connectivity index (χ3n) is 4.93. The Balaban J connectivity index is 1.51. The predicted molar refractivity (Wildman–Crippen MR) is 85.8 cm³/mol. The van der Waals surface area contributed by atoms with Gasteiger partial charge in [-0.25, -0.2) is 0 Å². The molecule has 2 fully saturated rings. The van der Waals surface area contributed by atoms with E-state index >= 15 is 0 Å². The lowest BCUT2D eigenvalue weighted by molar-refractivity contribution is -0.136. The summed E-state index contributed by atoms with van der Waals surface area (Å²) >= 11 is 0. The molecule has 1 atom stereocenters. The summed E-state index contributed by atoms with van der Waals surface area (Å²) in [6.45, 7) is 4.21. The molecule has 1 unspecified atom stereocenters. The number of hydrogen-bond acceptors (Lipinski definition) is 5. The minimum Gasteiger partial charge on any atom is -0.322 e. The van der Waals surface area contributed by atoms with Crippen molar-refractivity contribution < 1.29 is 14.4 Å². The average Bonchev–Trinajstić information content (AvgIpc) is 3.16. The van der Waals surface area contributed by atoms with E-state index in [1.165, 1.54) is 5.56 Å². The summed E-state index contributed by atoms with van der Waals surface area (Å²) < 4.78 is 0. The zero-order valence-corrected chi connectivity index (χ0v) is 13.4. The van der Waals surface area contributed by atoms with Crippen molar-refractivity contribution in [3.05, 3.63) is 34.9 Å². The van der Waals surface area contributed by atoms with Crippen LogP contribution in [0.15, 0.2) is 18.2 Å². The number of nitrogens with zero attached hydrogens (tertiary/aromatic N) is 2. The van der Waals surface area contributed by atoms with E-state index in [4.69, 9.17) is 0 Å². The van der Waals surface area contributed by atoms with Gasteiger partial charge < -0.3 is 10.2 Å². The maximum atomic E-state index is 12.6. The highest BCUT2D eigenvalue weighted by Crippen LogP contribution is 2.28. The summed E-state index contributed by atoms with van der Waals surface area (Å²) in [6.07, 6.45) is 0.681. The summed E-state index contributed by atoms with van der Waals surface area (Å²) in [7, 11) is 0. The maximum absolute atomic E-state index is 12.6. The van der Waals surface area contributed by atoms with E-state index in [0.29, 0.717) is 18.5 Å². The molecule has 0 aliphatic carbocycles. The molecule has 24 heavy (non-hydrogen) atoms. The van der Waals surface area contributed by atoms with Gasteiger partial charge in [-0.05, 0) is 23.6 Å². The van der Waals surface area contributed by atoms with Crippen molar-refractivity contribution >= 4 is 17.7 Å². The number of piperidine rings is 1. The highest BCUT2D eigenvalue weighted by atomic mass is 16.2. The van der Waals surface area contributed by atoms with Crippen LogP contribution in [0.4, 0.5) is 0 Å². The second-order valence-electron chi connectivity index (χ2n) is 6.60. The molecule has 2 saturated heterocycles.